The van der Waals surface area contributed by atoms with Crippen molar-refractivity contribution in [1.82, 2.24) is 5.32 Å². The van der Waals surface area contributed by atoms with Crippen LogP contribution >= 0.6 is 0 Å². The zero-order valence-electron chi connectivity index (χ0n) is 11.6. The number of amidine groups is 1. The zero-order chi connectivity index (χ0) is 14.1. The molecule has 19 heavy (non-hydrogen) atoms. The summed E-state index contributed by atoms with van der Waals surface area (Å²) < 4.78 is 5.46. The lowest BCUT2D eigenvalue weighted by Crippen LogP contribution is -2.32. The lowest BCUT2D eigenvalue weighted by molar-refractivity contribution is 0.315. The molecule has 0 aliphatic carbocycles. The van der Waals surface area contributed by atoms with E-state index in [0.717, 1.165) is 24.3 Å². The Kier molecular flexibility index (Phi) is 6.74. The standard InChI is InChI=1S/C14H23N3O2/c1-3-12(9-14(15)17-18)16-10-11-6-5-7-13(8-11)19-4-2/h5-8,12,16,18H,3-4,9-10H2,1-2H3,(H2,15,17). The average molecular weight is 265 g/mol. The summed E-state index contributed by atoms with van der Waals surface area (Å²) in [5, 5.41) is 15.0. The van der Waals surface area contributed by atoms with Crippen LogP contribution in [0.3, 0.4) is 0 Å². The van der Waals surface area contributed by atoms with Crippen molar-refractivity contribution in [2.24, 2.45) is 10.9 Å². The number of nitrogens with zero attached hydrogens (tertiary/aromatic N) is 1. The van der Waals surface area contributed by atoms with Crippen LogP contribution in [0.4, 0.5) is 0 Å². The van der Waals surface area contributed by atoms with Crippen molar-refractivity contribution in [2.45, 2.75) is 39.3 Å². The van der Waals surface area contributed by atoms with Crippen LogP contribution in [-0.2, 0) is 6.54 Å². The van der Waals surface area contributed by atoms with Gasteiger partial charge in [0, 0.05) is 19.0 Å². The molecule has 5 nitrogen and oxygen atoms in total. The minimum atomic E-state index is 0.201. The van der Waals surface area contributed by atoms with E-state index in [4.69, 9.17) is 15.7 Å². The second kappa shape index (κ2) is 8.37. The molecular weight excluding hydrogens is 242 g/mol. The fraction of sp³-hybridized carbons (Fsp3) is 0.500. The van der Waals surface area contributed by atoms with Gasteiger partial charge in [0.2, 0.25) is 0 Å². The Morgan fingerprint density at radius 2 is 2.26 bits per heavy atom. The normalized spacial score (nSPS) is 13.3. The van der Waals surface area contributed by atoms with Crippen molar-refractivity contribution in [2.75, 3.05) is 6.61 Å². The number of nitrogens with one attached hydrogen (secondary N) is 1. The molecular formula is C14H23N3O2. The Bertz CT molecular complexity index is 407. The van der Waals surface area contributed by atoms with Crippen molar-refractivity contribution in [3.05, 3.63) is 29.8 Å². The van der Waals surface area contributed by atoms with Crippen molar-refractivity contribution in [3.8, 4) is 5.75 Å². The van der Waals surface area contributed by atoms with Crippen LogP contribution in [0.25, 0.3) is 0 Å². The maximum absolute atomic E-state index is 8.58. The van der Waals surface area contributed by atoms with Crippen LogP contribution < -0.4 is 15.8 Å². The first-order chi connectivity index (χ1) is 9.19. The van der Waals surface area contributed by atoms with Crippen LogP contribution in [0.1, 0.15) is 32.3 Å². The second-order valence-corrected chi connectivity index (χ2v) is 4.36. The maximum Gasteiger partial charge on any atom is 0.140 e. The summed E-state index contributed by atoms with van der Waals surface area (Å²) in [5.41, 5.74) is 6.68. The minimum Gasteiger partial charge on any atom is -0.494 e. The predicted molar refractivity (Wildman–Crippen MR) is 76.6 cm³/mol. The highest BCUT2D eigenvalue weighted by Gasteiger charge is 2.08. The topological polar surface area (TPSA) is 79.9 Å². The molecule has 0 bridgehead atoms. The summed E-state index contributed by atoms with van der Waals surface area (Å²) in [6, 6.07) is 8.19. The van der Waals surface area contributed by atoms with Gasteiger partial charge in [-0.1, -0.05) is 24.2 Å². The number of ether oxygens (including phenoxy) is 1. The molecule has 1 unspecified atom stereocenters. The molecule has 4 N–H and O–H groups in total. The summed E-state index contributed by atoms with van der Waals surface area (Å²) in [7, 11) is 0. The van der Waals surface area contributed by atoms with E-state index in [9.17, 15) is 0 Å². The molecule has 0 fully saturated rings. The number of hydrogen-bond donors (Lipinski definition) is 3. The molecule has 0 aromatic heterocycles. The maximum atomic E-state index is 8.58. The molecule has 0 spiro atoms. The predicted octanol–water partition coefficient (Wildman–Crippen LogP) is 2.09. The van der Waals surface area contributed by atoms with Gasteiger partial charge in [0.25, 0.3) is 0 Å². The first-order valence-corrected chi connectivity index (χ1v) is 6.61. The Morgan fingerprint density at radius 3 is 2.89 bits per heavy atom. The van der Waals surface area contributed by atoms with Crippen molar-refractivity contribution in [3.63, 3.8) is 0 Å². The van der Waals surface area contributed by atoms with Gasteiger partial charge < -0.3 is 21.0 Å². The molecule has 5 heteroatoms. The van der Waals surface area contributed by atoms with Gasteiger partial charge in [0.05, 0.1) is 6.61 Å². The summed E-state index contributed by atoms with van der Waals surface area (Å²) in [4.78, 5) is 0. The molecule has 0 aliphatic rings. The largest absolute Gasteiger partial charge is 0.494 e. The van der Waals surface area contributed by atoms with Gasteiger partial charge in [0.15, 0.2) is 0 Å². The van der Waals surface area contributed by atoms with Gasteiger partial charge in [-0.15, -0.1) is 0 Å². The molecule has 1 aromatic rings. The van der Waals surface area contributed by atoms with E-state index in [1.54, 1.807) is 0 Å². The molecule has 106 valence electrons. The van der Waals surface area contributed by atoms with E-state index in [0.29, 0.717) is 13.0 Å². The Morgan fingerprint density at radius 1 is 1.47 bits per heavy atom. The third-order valence-electron chi connectivity index (χ3n) is 2.88. The van der Waals surface area contributed by atoms with E-state index in [2.05, 4.69) is 17.4 Å². The number of benzene rings is 1. The van der Waals surface area contributed by atoms with Crippen LogP contribution in [0.15, 0.2) is 29.4 Å². The highest BCUT2D eigenvalue weighted by Crippen LogP contribution is 2.13. The smallest absolute Gasteiger partial charge is 0.140 e. The Hall–Kier alpha value is -1.75. The first-order valence-electron chi connectivity index (χ1n) is 6.61. The van der Waals surface area contributed by atoms with Crippen molar-refractivity contribution < 1.29 is 9.94 Å². The SMILES string of the molecule is CCOc1cccc(CNC(CC)CC(N)=NO)c1. The van der Waals surface area contributed by atoms with Gasteiger partial charge in [-0.25, -0.2) is 0 Å². The third kappa shape index (κ3) is 5.61. The molecule has 0 amide bonds. The molecule has 1 rings (SSSR count). The van der Waals surface area contributed by atoms with E-state index < -0.39 is 0 Å². The summed E-state index contributed by atoms with van der Waals surface area (Å²) in [6.07, 6.45) is 1.46. The quantitative estimate of drug-likeness (QED) is 0.291. The average Bonchev–Trinajstić information content (AvgIpc) is 2.44. The van der Waals surface area contributed by atoms with E-state index in [1.165, 1.54) is 0 Å². The zero-order valence-corrected chi connectivity index (χ0v) is 11.6. The number of hydrogen-bond acceptors (Lipinski definition) is 4. The highest BCUT2D eigenvalue weighted by atomic mass is 16.5. The number of nitrogens with two attached hydrogens (primary N) is 1. The molecule has 1 atom stereocenters. The molecule has 0 aliphatic heterocycles. The first kappa shape index (κ1) is 15.3. The third-order valence-corrected chi connectivity index (χ3v) is 2.88. The van der Waals surface area contributed by atoms with Crippen LogP contribution in [0.2, 0.25) is 0 Å². The van der Waals surface area contributed by atoms with Gasteiger partial charge in [0.1, 0.15) is 11.6 Å². The van der Waals surface area contributed by atoms with Gasteiger partial charge in [-0.05, 0) is 31.0 Å². The van der Waals surface area contributed by atoms with Crippen LogP contribution in [0, 0.1) is 0 Å². The fourth-order valence-electron chi connectivity index (χ4n) is 1.83. The minimum absolute atomic E-state index is 0.201. The van der Waals surface area contributed by atoms with Gasteiger partial charge >= 0.3 is 0 Å². The highest BCUT2D eigenvalue weighted by molar-refractivity contribution is 5.80. The van der Waals surface area contributed by atoms with Crippen LogP contribution in [-0.4, -0.2) is 23.7 Å². The summed E-state index contributed by atoms with van der Waals surface area (Å²) in [6.45, 7) is 5.43. The Balaban J connectivity index is 2.52. The van der Waals surface area contributed by atoms with Crippen LogP contribution in [0.5, 0.6) is 5.75 Å². The summed E-state index contributed by atoms with van der Waals surface area (Å²) in [5.74, 6) is 1.13. The number of oxime groups is 1. The van der Waals surface area contributed by atoms with Gasteiger partial charge in [-0.2, -0.15) is 0 Å². The summed E-state index contributed by atoms with van der Waals surface area (Å²) >= 11 is 0. The van der Waals surface area contributed by atoms with E-state index in [1.807, 2.05) is 31.2 Å². The van der Waals surface area contributed by atoms with E-state index >= 15 is 0 Å². The fourth-order valence-corrected chi connectivity index (χ4v) is 1.83. The molecule has 0 saturated heterocycles. The monoisotopic (exact) mass is 265 g/mol. The lowest BCUT2D eigenvalue weighted by atomic mass is 10.1. The lowest BCUT2D eigenvalue weighted by Gasteiger charge is -2.16. The molecule has 0 heterocycles. The Labute approximate surface area is 114 Å². The van der Waals surface area contributed by atoms with Crippen molar-refractivity contribution in [1.29, 1.82) is 0 Å². The van der Waals surface area contributed by atoms with Gasteiger partial charge in [-0.3, -0.25) is 0 Å². The molecule has 1 aromatic carbocycles. The van der Waals surface area contributed by atoms with E-state index in [-0.39, 0.29) is 11.9 Å². The molecule has 0 radical (unpaired) electrons. The second-order valence-electron chi connectivity index (χ2n) is 4.36. The van der Waals surface area contributed by atoms with Crippen molar-refractivity contribution >= 4 is 5.84 Å². The number of rotatable bonds is 8. The molecule has 0 saturated carbocycles.